The molecule has 0 spiro atoms. The lowest BCUT2D eigenvalue weighted by Gasteiger charge is -2.40. The van der Waals surface area contributed by atoms with Gasteiger partial charge in [0.15, 0.2) is 15.8 Å². The Hall–Kier alpha value is -0.820. The molecule has 0 aromatic heterocycles. The van der Waals surface area contributed by atoms with Gasteiger partial charge in [-0.15, -0.1) is 0 Å². The van der Waals surface area contributed by atoms with Crippen LogP contribution in [0.1, 0.15) is 46.5 Å². The Bertz CT molecular complexity index is 563. The van der Waals surface area contributed by atoms with Crippen LogP contribution in [0.4, 0.5) is 0 Å². The van der Waals surface area contributed by atoms with E-state index in [-0.39, 0.29) is 11.3 Å². The summed E-state index contributed by atoms with van der Waals surface area (Å²) < 4.78 is 23.8. The van der Waals surface area contributed by atoms with Crippen molar-refractivity contribution in [3.63, 3.8) is 0 Å². The number of hydrogen-bond donors (Lipinski definition) is 1. The number of sulfone groups is 1. The molecule has 7 heteroatoms. The number of likely N-dealkylation sites (N-methyl/N-ethyl adjacent to an activating group) is 1. The van der Waals surface area contributed by atoms with Crippen LogP contribution in [0.5, 0.6) is 0 Å². The molecular formula is C17H34N4O2S. The molecule has 1 saturated heterocycles. The van der Waals surface area contributed by atoms with Gasteiger partial charge in [0.25, 0.3) is 0 Å². The van der Waals surface area contributed by atoms with E-state index in [0.717, 1.165) is 19.0 Å². The first-order valence-corrected chi connectivity index (χ1v) is 10.7. The largest absolute Gasteiger partial charge is 0.357 e. The molecule has 1 heterocycles. The monoisotopic (exact) mass is 358 g/mol. The van der Waals surface area contributed by atoms with Gasteiger partial charge >= 0.3 is 0 Å². The van der Waals surface area contributed by atoms with Gasteiger partial charge in [0.1, 0.15) is 0 Å². The van der Waals surface area contributed by atoms with Gasteiger partial charge in [0, 0.05) is 25.2 Å². The van der Waals surface area contributed by atoms with Gasteiger partial charge < -0.3 is 15.1 Å². The molecule has 0 amide bonds. The van der Waals surface area contributed by atoms with E-state index in [9.17, 15) is 8.42 Å². The average molecular weight is 359 g/mol. The maximum atomic E-state index is 12.2. The van der Waals surface area contributed by atoms with Gasteiger partial charge in [0.05, 0.1) is 17.0 Å². The molecule has 0 radical (unpaired) electrons. The summed E-state index contributed by atoms with van der Waals surface area (Å²) in [6, 6.07) is 0. The maximum Gasteiger partial charge on any atom is 0.194 e. The topological polar surface area (TPSA) is 65.0 Å². The van der Waals surface area contributed by atoms with Crippen LogP contribution < -0.4 is 5.32 Å². The predicted molar refractivity (Wildman–Crippen MR) is 100 cm³/mol. The van der Waals surface area contributed by atoms with Crippen LogP contribution in [0, 0.1) is 0 Å². The van der Waals surface area contributed by atoms with Crippen molar-refractivity contribution in [1.82, 2.24) is 15.1 Å². The van der Waals surface area contributed by atoms with Crippen molar-refractivity contribution >= 4 is 15.8 Å². The second-order valence-corrected chi connectivity index (χ2v) is 10.7. The van der Waals surface area contributed by atoms with Crippen molar-refractivity contribution in [2.75, 3.05) is 46.0 Å². The van der Waals surface area contributed by atoms with E-state index in [1.807, 2.05) is 13.8 Å². The van der Waals surface area contributed by atoms with E-state index in [0.29, 0.717) is 13.1 Å². The smallest absolute Gasteiger partial charge is 0.194 e. The van der Waals surface area contributed by atoms with Crippen molar-refractivity contribution in [3.8, 4) is 0 Å². The molecule has 24 heavy (non-hydrogen) atoms. The lowest BCUT2D eigenvalue weighted by molar-refractivity contribution is 0.166. The highest BCUT2D eigenvalue weighted by molar-refractivity contribution is 7.92. The molecule has 0 atom stereocenters. The van der Waals surface area contributed by atoms with Crippen LogP contribution in [0.25, 0.3) is 0 Å². The summed E-state index contributed by atoms with van der Waals surface area (Å²) in [6.07, 6.45) is 4.89. The van der Waals surface area contributed by atoms with Crippen molar-refractivity contribution < 1.29 is 8.42 Å². The molecule has 0 aromatic carbocycles. The van der Waals surface area contributed by atoms with Crippen LogP contribution in [0.2, 0.25) is 0 Å². The molecule has 2 aliphatic rings. The number of nitrogens with zero attached hydrogens (tertiary/aromatic N) is 3. The molecule has 140 valence electrons. The average Bonchev–Trinajstić information content (AvgIpc) is 2.97. The highest BCUT2D eigenvalue weighted by Gasteiger charge is 2.41. The summed E-state index contributed by atoms with van der Waals surface area (Å²) >= 11 is 0. The van der Waals surface area contributed by atoms with Gasteiger partial charge in [-0.05, 0) is 47.7 Å². The summed E-state index contributed by atoms with van der Waals surface area (Å²) in [6.45, 7) is 8.26. The third kappa shape index (κ3) is 3.87. The summed E-state index contributed by atoms with van der Waals surface area (Å²) in [5.41, 5.74) is 0.151. The normalized spacial score (nSPS) is 25.9. The Balaban J connectivity index is 2.17. The van der Waals surface area contributed by atoms with Crippen molar-refractivity contribution in [3.05, 3.63) is 0 Å². The molecule has 1 aliphatic carbocycles. The fourth-order valence-corrected chi connectivity index (χ4v) is 5.12. The molecule has 1 N–H and O–H groups in total. The van der Waals surface area contributed by atoms with Gasteiger partial charge in [-0.1, -0.05) is 12.8 Å². The first kappa shape index (κ1) is 19.5. The minimum absolute atomic E-state index is 0.151. The number of guanidine groups is 1. The van der Waals surface area contributed by atoms with E-state index < -0.39 is 14.6 Å². The van der Waals surface area contributed by atoms with Gasteiger partial charge in [-0.3, -0.25) is 4.99 Å². The summed E-state index contributed by atoms with van der Waals surface area (Å²) in [5, 5.41) is 3.36. The lowest BCUT2D eigenvalue weighted by Crippen LogP contribution is -2.57. The molecule has 2 fully saturated rings. The van der Waals surface area contributed by atoms with E-state index >= 15 is 0 Å². The highest BCUT2D eigenvalue weighted by atomic mass is 32.2. The number of hydrogen-bond acceptors (Lipinski definition) is 4. The Morgan fingerprint density at radius 1 is 1.25 bits per heavy atom. The zero-order chi connectivity index (χ0) is 18.0. The molecule has 1 saturated carbocycles. The molecule has 2 rings (SSSR count). The highest BCUT2D eigenvalue weighted by Crippen LogP contribution is 2.34. The summed E-state index contributed by atoms with van der Waals surface area (Å²) in [5.74, 6) is 1.05. The van der Waals surface area contributed by atoms with E-state index in [1.54, 1.807) is 0 Å². The van der Waals surface area contributed by atoms with E-state index in [1.165, 1.54) is 25.7 Å². The first-order chi connectivity index (χ1) is 11.1. The molecule has 0 unspecified atom stereocenters. The fraction of sp³-hybridized carbons (Fsp3) is 0.941. The Morgan fingerprint density at radius 2 is 1.88 bits per heavy atom. The number of nitrogens with one attached hydrogen (secondary N) is 1. The predicted octanol–water partition coefficient (Wildman–Crippen LogP) is 1.34. The minimum Gasteiger partial charge on any atom is -0.357 e. The van der Waals surface area contributed by atoms with Crippen LogP contribution in [-0.2, 0) is 9.84 Å². The molecule has 0 aromatic rings. The van der Waals surface area contributed by atoms with Crippen molar-refractivity contribution in [1.29, 1.82) is 0 Å². The lowest BCUT2D eigenvalue weighted by atomic mass is 9.96. The Labute approximate surface area is 147 Å². The number of rotatable bonds is 4. The number of aliphatic imine (C=N–C) groups is 1. The second-order valence-electron chi connectivity index (χ2n) is 8.00. The van der Waals surface area contributed by atoms with Gasteiger partial charge in [-0.2, -0.15) is 0 Å². The van der Waals surface area contributed by atoms with Crippen LogP contribution in [0.15, 0.2) is 4.99 Å². The zero-order valence-electron chi connectivity index (χ0n) is 15.9. The first-order valence-electron chi connectivity index (χ1n) is 9.06. The third-order valence-corrected chi connectivity index (χ3v) is 8.22. The van der Waals surface area contributed by atoms with Gasteiger partial charge in [0.2, 0.25) is 0 Å². The van der Waals surface area contributed by atoms with Crippen LogP contribution >= 0.6 is 0 Å². The van der Waals surface area contributed by atoms with Crippen molar-refractivity contribution in [2.24, 2.45) is 4.99 Å². The van der Waals surface area contributed by atoms with Crippen LogP contribution in [-0.4, -0.2) is 80.5 Å². The molecule has 1 aliphatic heterocycles. The fourth-order valence-electron chi connectivity index (χ4n) is 3.75. The molecule has 0 bridgehead atoms. The Morgan fingerprint density at radius 3 is 2.38 bits per heavy atom. The van der Waals surface area contributed by atoms with E-state index in [2.05, 4.69) is 36.1 Å². The van der Waals surface area contributed by atoms with Gasteiger partial charge in [-0.25, -0.2) is 8.42 Å². The quantitative estimate of drug-likeness (QED) is 0.607. The minimum atomic E-state index is -3.03. The maximum absolute atomic E-state index is 12.2. The second kappa shape index (κ2) is 7.20. The molecular weight excluding hydrogens is 324 g/mol. The van der Waals surface area contributed by atoms with E-state index in [4.69, 9.17) is 4.99 Å². The standard InChI is InChI=1S/C17H34N4O2S/c1-6-18-15(19-13-17(20(4)5)9-7-8-10-17)21-11-12-24(22,23)16(2,3)14-21/h6-14H2,1-5H3,(H,18,19). The molecule has 6 nitrogen and oxygen atoms in total. The van der Waals surface area contributed by atoms with Crippen molar-refractivity contribution in [2.45, 2.75) is 56.7 Å². The Kier molecular flexibility index (Phi) is 5.85. The zero-order valence-corrected chi connectivity index (χ0v) is 16.7. The third-order valence-electron chi connectivity index (χ3n) is 5.68. The SMILES string of the molecule is CCNC(=NCC1(N(C)C)CCCC1)N1CCS(=O)(=O)C(C)(C)C1. The summed E-state index contributed by atoms with van der Waals surface area (Å²) in [4.78, 5) is 9.35. The van der Waals surface area contributed by atoms with Crippen LogP contribution in [0.3, 0.4) is 0 Å². The summed E-state index contributed by atoms with van der Waals surface area (Å²) in [7, 11) is 1.26.